The van der Waals surface area contributed by atoms with Crippen LogP contribution in [0.15, 0.2) is 36.4 Å². The van der Waals surface area contributed by atoms with Crippen molar-refractivity contribution in [2.75, 3.05) is 18.5 Å². The molecule has 1 aromatic heterocycles. The molecule has 0 fully saturated rings. The van der Waals surface area contributed by atoms with Crippen molar-refractivity contribution in [3.63, 3.8) is 0 Å². The first-order valence-corrected chi connectivity index (χ1v) is 10.8. The minimum absolute atomic E-state index is 0.184. The first-order valence-electron chi connectivity index (χ1n) is 8.87. The minimum atomic E-state index is -0.385. The number of hydrogen-bond acceptors (Lipinski definition) is 6. The molecule has 0 bridgehead atoms. The Morgan fingerprint density at radius 1 is 1.07 bits per heavy atom. The number of aromatic nitrogens is 2. The zero-order chi connectivity index (χ0) is 21.1. The van der Waals surface area contributed by atoms with Gasteiger partial charge in [0.05, 0.1) is 23.3 Å². The van der Waals surface area contributed by atoms with Gasteiger partial charge in [0, 0.05) is 17.1 Å². The van der Waals surface area contributed by atoms with Gasteiger partial charge in [-0.2, -0.15) is 0 Å². The molecule has 1 aliphatic rings. The summed E-state index contributed by atoms with van der Waals surface area (Å²) in [5.41, 5.74) is 1.32. The van der Waals surface area contributed by atoms with Crippen LogP contribution in [0.5, 0.6) is 11.5 Å². The smallest absolute Gasteiger partial charge is 0.286 e. The predicted molar refractivity (Wildman–Crippen MR) is 120 cm³/mol. The van der Waals surface area contributed by atoms with Gasteiger partial charge in [-0.05, 0) is 48.0 Å². The average Bonchev–Trinajstić information content (AvgIpc) is 3.10. The molecule has 6 nitrogen and oxygen atoms in total. The molecule has 2 aromatic carbocycles. The Morgan fingerprint density at radius 3 is 2.60 bits per heavy atom. The van der Waals surface area contributed by atoms with E-state index in [-0.39, 0.29) is 10.9 Å². The van der Waals surface area contributed by atoms with Crippen LogP contribution < -0.4 is 14.8 Å². The van der Waals surface area contributed by atoms with Gasteiger partial charge in [0.2, 0.25) is 5.01 Å². The summed E-state index contributed by atoms with van der Waals surface area (Å²) in [6, 6.07) is 10.3. The van der Waals surface area contributed by atoms with Crippen molar-refractivity contribution >= 4 is 68.8 Å². The van der Waals surface area contributed by atoms with Gasteiger partial charge in [0.25, 0.3) is 5.91 Å². The number of amides is 1. The van der Waals surface area contributed by atoms with E-state index in [9.17, 15) is 4.79 Å². The van der Waals surface area contributed by atoms with E-state index < -0.39 is 0 Å². The van der Waals surface area contributed by atoms with Crippen LogP contribution in [0.3, 0.4) is 0 Å². The third-order valence-electron chi connectivity index (χ3n) is 4.04. The zero-order valence-electron chi connectivity index (χ0n) is 15.3. The summed E-state index contributed by atoms with van der Waals surface area (Å²) in [5.74, 6) is 0.708. The molecular formula is C20H14Cl3N3O3S. The molecule has 3 aromatic rings. The molecule has 0 saturated carbocycles. The number of carbonyl (C=O) groups excluding carboxylic acids is 1. The van der Waals surface area contributed by atoms with Gasteiger partial charge >= 0.3 is 0 Å². The second-order valence-electron chi connectivity index (χ2n) is 6.25. The molecule has 154 valence electrons. The fourth-order valence-electron chi connectivity index (χ4n) is 2.67. The minimum Gasteiger partial charge on any atom is -0.489 e. The molecule has 0 radical (unpaired) electrons. The maximum Gasteiger partial charge on any atom is 0.286 e. The summed E-state index contributed by atoms with van der Waals surface area (Å²) in [4.78, 5) is 12.4. The van der Waals surface area contributed by atoms with Crippen LogP contribution >= 0.6 is 46.1 Å². The number of anilines is 1. The van der Waals surface area contributed by atoms with E-state index in [1.165, 1.54) is 0 Å². The van der Waals surface area contributed by atoms with Crippen LogP contribution in [0.4, 0.5) is 5.69 Å². The summed E-state index contributed by atoms with van der Waals surface area (Å²) < 4.78 is 11.3. The Labute approximate surface area is 191 Å². The van der Waals surface area contributed by atoms with Crippen molar-refractivity contribution in [1.82, 2.24) is 10.2 Å². The number of carbonyl (C=O) groups is 1. The number of ether oxygens (including phenoxy) is 2. The van der Waals surface area contributed by atoms with Crippen molar-refractivity contribution in [2.24, 2.45) is 0 Å². The van der Waals surface area contributed by atoms with Crippen molar-refractivity contribution in [3.05, 3.63) is 62.0 Å². The highest BCUT2D eigenvalue weighted by Gasteiger charge is 2.17. The Bertz CT molecular complexity index is 1120. The SMILES string of the molecule is O=C(Nc1ccc(Cl)cc1)c1nnc(/C(Cl)=C/c2cc(Cl)c3c(c2)OCCCO3)s1. The van der Waals surface area contributed by atoms with E-state index in [4.69, 9.17) is 44.3 Å². The molecule has 1 aliphatic heterocycles. The first kappa shape index (κ1) is 20.9. The van der Waals surface area contributed by atoms with Crippen molar-refractivity contribution < 1.29 is 14.3 Å². The number of hydrogen-bond donors (Lipinski definition) is 1. The monoisotopic (exact) mass is 481 g/mol. The largest absolute Gasteiger partial charge is 0.489 e. The third kappa shape index (κ3) is 4.87. The fraction of sp³-hybridized carbons (Fsp3) is 0.150. The van der Waals surface area contributed by atoms with Crippen LogP contribution in [0.2, 0.25) is 10.0 Å². The van der Waals surface area contributed by atoms with Crippen LogP contribution in [0, 0.1) is 0 Å². The quantitative estimate of drug-likeness (QED) is 0.494. The van der Waals surface area contributed by atoms with Crippen molar-refractivity contribution in [1.29, 1.82) is 0 Å². The van der Waals surface area contributed by atoms with Crippen LogP contribution in [0.1, 0.15) is 26.8 Å². The molecular weight excluding hydrogens is 469 g/mol. The highest BCUT2D eigenvalue weighted by molar-refractivity contribution is 7.15. The Balaban J connectivity index is 1.52. The lowest BCUT2D eigenvalue weighted by atomic mass is 10.2. The van der Waals surface area contributed by atoms with Gasteiger partial charge in [-0.1, -0.05) is 46.1 Å². The Morgan fingerprint density at radius 2 is 1.80 bits per heavy atom. The van der Waals surface area contributed by atoms with Gasteiger partial charge in [0.15, 0.2) is 16.5 Å². The van der Waals surface area contributed by atoms with Crippen LogP contribution in [-0.4, -0.2) is 29.3 Å². The number of benzene rings is 2. The predicted octanol–water partition coefficient (Wildman–Crippen LogP) is 6.00. The van der Waals surface area contributed by atoms with Gasteiger partial charge in [-0.25, -0.2) is 0 Å². The molecule has 4 rings (SSSR count). The van der Waals surface area contributed by atoms with E-state index in [0.29, 0.717) is 50.5 Å². The van der Waals surface area contributed by atoms with Crippen LogP contribution in [-0.2, 0) is 0 Å². The third-order valence-corrected chi connectivity index (χ3v) is 5.93. The van der Waals surface area contributed by atoms with E-state index in [1.807, 2.05) is 0 Å². The van der Waals surface area contributed by atoms with E-state index >= 15 is 0 Å². The number of rotatable bonds is 4. The van der Waals surface area contributed by atoms with E-state index in [0.717, 1.165) is 23.3 Å². The Kier molecular flexibility index (Phi) is 6.43. The highest BCUT2D eigenvalue weighted by Crippen LogP contribution is 2.39. The standard InChI is InChI=1S/C20H14Cl3N3O3S/c21-12-2-4-13(5-3-12)24-18(27)20-26-25-19(30-20)15(23)9-11-8-14(22)17-16(10-11)28-6-1-7-29-17/h2-5,8-10H,1,6-7H2,(H,24,27)/b15-9-. The molecule has 0 atom stereocenters. The lowest BCUT2D eigenvalue weighted by molar-refractivity contribution is 0.102. The van der Waals surface area contributed by atoms with Gasteiger partial charge in [0.1, 0.15) is 0 Å². The number of nitrogens with zero attached hydrogens (tertiary/aromatic N) is 2. The topological polar surface area (TPSA) is 73.3 Å². The van der Waals surface area contributed by atoms with E-state index in [1.54, 1.807) is 42.5 Å². The Hall–Kier alpha value is -2.32. The summed E-state index contributed by atoms with van der Waals surface area (Å²) in [7, 11) is 0. The second-order valence-corrected chi connectivity index (χ2v) is 8.47. The molecule has 1 N–H and O–H groups in total. The molecule has 0 unspecified atom stereocenters. The summed E-state index contributed by atoms with van der Waals surface area (Å²) in [6.07, 6.45) is 2.46. The van der Waals surface area contributed by atoms with Crippen LogP contribution in [0.25, 0.3) is 11.1 Å². The van der Waals surface area contributed by atoms with Crippen molar-refractivity contribution in [3.8, 4) is 11.5 Å². The van der Waals surface area contributed by atoms with Gasteiger partial charge < -0.3 is 14.8 Å². The van der Waals surface area contributed by atoms with E-state index in [2.05, 4.69) is 15.5 Å². The molecule has 2 heterocycles. The summed E-state index contributed by atoms with van der Waals surface area (Å²) in [6.45, 7) is 1.10. The molecule has 0 saturated heterocycles. The average molecular weight is 483 g/mol. The van der Waals surface area contributed by atoms with Gasteiger partial charge in [-0.15, -0.1) is 10.2 Å². The summed E-state index contributed by atoms with van der Waals surface area (Å²) in [5, 5.41) is 12.6. The summed E-state index contributed by atoms with van der Waals surface area (Å²) >= 11 is 19.7. The molecule has 0 spiro atoms. The van der Waals surface area contributed by atoms with Gasteiger partial charge in [-0.3, -0.25) is 4.79 Å². The maximum absolute atomic E-state index is 12.4. The lowest BCUT2D eigenvalue weighted by Gasteiger charge is -2.10. The molecule has 0 aliphatic carbocycles. The fourth-order valence-corrected chi connectivity index (χ4v) is 4.00. The maximum atomic E-state index is 12.4. The number of fused-ring (bicyclic) bond motifs is 1. The number of nitrogens with one attached hydrogen (secondary N) is 1. The molecule has 30 heavy (non-hydrogen) atoms. The molecule has 10 heteroatoms. The highest BCUT2D eigenvalue weighted by atomic mass is 35.5. The van der Waals surface area contributed by atoms with Crippen molar-refractivity contribution in [2.45, 2.75) is 6.42 Å². The first-order chi connectivity index (χ1) is 14.5. The normalized spacial score (nSPS) is 13.6. The zero-order valence-corrected chi connectivity index (χ0v) is 18.4. The lowest BCUT2D eigenvalue weighted by Crippen LogP contribution is -2.11. The molecule has 1 amide bonds. The second kappa shape index (κ2) is 9.22. The number of halogens is 3.